The van der Waals surface area contributed by atoms with Crippen molar-refractivity contribution in [2.24, 2.45) is 5.92 Å². The second kappa shape index (κ2) is 7.31. The molecule has 0 aliphatic carbocycles. The normalized spacial score (nSPS) is 18.0. The van der Waals surface area contributed by atoms with E-state index < -0.39 is 5.97 Å². The van der Waals surface area contributed by atoms with E-state index in [0.29, 0.717) is 6.54 Å². The predicted octanol–water partition coefficient (Wildman–Crippen LogP) is 3.69. The number of carbonyl (C=O) groups is 1. The number of nitrogens with zero attached hydrogens (tertiary/aromatic N) is 3. The number of anilines is 1. The number of rotatable bonds is 4. The van der Waals surface area contributed by atoms with E-state index >= 15 is 0 Å². The first-order chi connectivity index (χ1) is 11.1. The topological polar surface area (TPSA) is 66.3 Å². The fraction of sp³-hybridized carbons (Fsp3) is 0.312. The van der Waals surface area contributed by atoms with Crippen molar-refractivity contribution in [3.8, 4) is 0 Å². The van der Waals surface area contributed by atoms with Crippen molar-refractivity contribution in [2.75, 3.05) is 18.0 Å². The Hall–Kier alpha value is -1.60. The Morgan fingerprint density at radius 3 is 2.65 bits per heavy atom. The summed E-state index contributed by atoms with van der Waals surface area (Å²) >= 11 is 4.96. The van der Waals surface area contributed by atoms with Gasteiger partial charge in [0.1, 0.15) is 5.03 Å². The second-order valence-corrected chi connectivity index (χ2v) is 7.42. The lowest BCUT2D eigenvalue weighted by molar-refractivity contribution is -0.141. The summed E-state index contributed by atoms with van der Waals surface area (Å²) < 4.78 is 1.04. The fourth-order valence-electron chi connectivity index (χ4n) is 2.55. The maximum absolute atomic E-state index is 11.1. The lowest BCUT2D eigenvalue weighted by Gasteiger charge is -2.31. The molecule has 5 nitrogen and oxygen atoms in total. The van der Waals surface area contributed by atoms with E-state index in [0.717, 1.165) is 39.6 Å². The molecule has 1 atom stereocenters. The highest BCUT2D eigenvalue weighted by atomic mass is 79.9. The highest BCUT2D eigenvalue weighted by molar-refractivity contribution is 9.10. The van der Waals surface area contributed by atoms with Gasteiger partial charge in [-0.05, 0) is 49.2 Å². The standard InChI is InChI=1S/C16H16BrN3O2S/c17-12-3-5-13(6-4-12)23-15-8-7-14(18-19-15)20-9-1-2-11(10-20)16(21)22/h3-8,11H,1-2,9-10H2,(H,21,22)/t11-/m0/s1. The summed E-state index contributed by atoms with van der Waals surface area (Å²) in [6.07, 6.45) is 1.60. The first-order valence-electron chi connectivity index (χ1n) is 7.37. The SMILES string of the molecule is O=C(O)[C@H]1CCCN(c2ccc(Sc3ccc(Br)cc3)nn2)C1. The molecule has 1 aliphatic heterocycles. The molecule has 2 heterocycles. The van der Waals surface area contributed by atoms with Crippen LogP contribution in [0, 0.1) is 5.92 Å². The van der Waals surface area contributed by atoms with Gasteiger partial charge in [-0.1, -0.05) is 27.7 Å². The van der Waals surface area contributed by atoms with Crippen LogP contribution in [0.5, 0.6) is 0 Å². The number of aliphatic carboxylic acids is 1. The van der Waals surface area contributed by atoms with Crippen molar-refractivity contribution >= 4 is 39.5 Å². The molecule has 1 aliphatic rings. The number of benzene rings is 1. The Morgan fingerprint density at radius 1 is 1.22 bits per heavy atom. The van der Waals surface area contributed by atoms with E-state index in [-0.39, 0.29) is 5.92 Å². The van der Waals surface area contributed by atoms with Crippen molar-refractivity contribution in [3.63, 3.8) is 0 Å². The Bertz CT molecular complexity index is 679. The van der Waals surface area contributed by atoms with Crippen LogP contribution in [-0.4, -0.2) is 34.4 Å². The molecule has 3 rings (SSSR count). The van der Waals surface area contributed by atoms with Gasteiger partial charge in [0.2, 0.25) is 0 Å². The number of piperidine rings is 1. The summed E-state index contributed by atoms with van der Waals surface area (Å²) in [5.74, 6) is -0.302. The summed E-state index contributed by atoms with van der Waals surface area (Å²) in [5.41, 5.74) is 0. The van der Waals surface area contributed by atoms with Crippen LogP contribution in [0.25, 0.3) is 0 Å². The van der Waals surface area contributed by atoms with E-state index in [1.807, 2.05) is 41.3 Å². The van der Waals surface area contributed by atoms with Gasteiger partial charge in [0, 0.05) is 22.5 Å². The number of halogens is 1. The Balaban J connectivity index is 1.67. The lowest BCUT2D eigenvalue weighted by atomic mass is 9.98. The van der Waals surface area contributed by atoms with E-state index in [1.165, 1.54) is 0 Å². The van der Waals surface area contributed by atoms with Gasteiger partial charge in [-0.3, -0.25) is 4.79 Å². The first-order valence-corrected chi connectivity index (χ1v) is 8.97. The molecule has 0 saturated carbocycles. The predicted molar refractivity (Wildman–Crippen MR) is 92.9 cm³/mol. The molecular formula is C16H16BrN3O2S. The zero-order valence-electron chi connectivity index (χ0n) is 12.4. The maximum atomic E-state index is 11.1. The van der Waals surface area contributed by atoms with Crippen LogP contribution in [0.15, 0.2) is 50.8 Å². The molecule has 1 aromatic heterocycles. The van der Waals surface area contributed by atoms with Crippen LogP contribution >= 0.6 is 27.7 Å². The number of aromatic nitrogens is 2. The van der Waals surface area contributed by atoms with E-state index in [1.54, 1.807) is 11.8 Å². The van der Waals surface area contributed by atoms with E-state index in [2.05, 4.69) is 26.1 Å². The minimum Gasteiger partial charge on any atom is -0.481 e. The summed E-state index contributed by atoms with van der Waals surface area (Å²) in [7, 11) is 0. The molecule has 0 unspecified atom stereocenters. The van der Waals surface area contributed by atoms with Crippen LogP contribution in [0.2, 0.25) is 0 Å². The van der Waals surface area contributed by atoms with Gasteiger partial charge in [0.05, 0.1) is 5.92 Å². The zero-order chi connectivity index (χ0) is 16.2. The minimum absolute atomic E-state index is 0.317. The highest BCUT2D eigenvalue weighted by Gasteiger charge is 2.26. The molecule has 1 N–H and O–H groups in total. The Kier molecular flexibility index (Phi) is 5.17. The number of hydrogen-bond donors (Lipinski definition) is 1. The Labute approximate surface area is 147 Å². The van der Waals surface area contributed by atoms with Crippen LogP contribution in [0.3, 0.4) is 0 Å². The third-order valence-electron chi connectivity index (χ3n) is 3.76. The molecule has 7 heteroatoms. The molecule has 0 spiro atoms. The molecule has 0 amide bonds. The molecule has 0 radical (unpaired) electrons. The van der Waals surface area contributed by atoms with Gasteiger partial charge in [0.25, 0.3) is 0 Å². The molecule has 120 valence electrons. The smallest absolute Gasteiger partial charge is 0.308 e. The quantitative estimate of drug-likeness (QED) is 0.853. The summed E-state index contributed by atoms with van der Waals surface area (Å²) in [6, 6.07) is 11.9. The van der Waals surface area contributed by atoms with Gasteiger partial charge in [-0.2, -0.15) is 0 Å². The molecule has 2 aromatic rings. The average molecular weight is 394 g/mol. The van der Waals surface area contributed by atoms with Crippen LogP contribution in [0.1, 0.15) is 12.8 Å². The summed E-state index contributed by atoms with van der Waals surface area (Å²) in [4.78, 5) is 14.2. The largest absolute Gasteiger partial charge is 0.481 e. The fourth-order valence-corrected chi connectivity index (χ4v) is 3.54. The minimum atomic E-state index is -0.731. The number of hydrogen-bond acceptors (Lipinski definition) is 5. The van der Waals surface area contributed by atoms with Crippen LogP contribution in [0.4, 0.5) is 5.82 Å². The van der Waals surface area contributed by atoms with E-state index in [9.17, 15) is 4.79 Å². The highest BCUT2D eigenvalue weighted by Crippen LogP contribution is 2.28. The van der Waals surface area contributed by atoms with Crippen LogP contribution in [-0.2, 0) is 4.79 Å². The van der Waals surface area contributed by atoms with Gasteiger partial charge in [-0.25, -0.2) is 0 Å². The summed E-state index contributed by atoms with van der Waals surface area (Å²) in [6.45, 7) is 1.33. The van der Waals surface area contributed by atoms with Crippen molar-refractivity contribution in [3.05, 3.63) is 40.9 Å². The van der Waals surface area contributed by atoms with Crippen molar-refractivity contribution in [2.45, 2.75) is 22.8 Å². The van der Waals surface area contributed by atoms with Gasteiger partial charge in [-0.15, -0.1) is 10.2 Å². The monoisotopic (exact) mass is 393 g/mol. The maximum Gasteiger partial charge on any atom is 0.308 e. The average Bonchev–Trinajstić information content (AvgIpc) is 2.58. The molecule has 1 aromatic carbocycles. The van der Waals surface area contributed by atoms with Crippen molar-refractivity contribution in [1.29, 1.82) is 0 Å². The molecule has 1 saturated heterocycles. The second-order valence-electron chi connectivity index (χ2n) is 5.41. The number of carboxylic acids is 1. The van der Waals surface area contributed by atoms with Gasteiger partial charge >= 0.3 is 5.97 Å². The number of carboxylic acid groups (broad SMARTS) is 1. The first kappa shape index (κ1) is 16.3. The Morgan fingerprint density at radius 2 is 2.00 bits per heavy atom. The third kappa shape index (κ3) is 4.23. The molecular weight excluding hydrogens is 378 g/mol. The van der Waals surface area contributed by atoms with Crippen molar-refractivity contribution in [1.82, 2.24) is 10.2 Å². The lowest BCUT2D eigenvalue weighted by Crippen LogP contribution is -2.39. The van der Waals surface area contributed by atoms with Gasteiger partial charge in [0.15, 0.2) is 5.82 Å². The van der Waals surface area contributed by atoms with Crippen LogP contribution < -0.4 is 4.90 Å². The molecule has 23 heavy (non-hydrogen) atoms. The zero-order valence-corrected chi connectivity index (χ0v) is 14.8. The van der Waals surface area contributed by atoms with Gasteiger partial charge < -0.3 is 10.0 Å². The van der Waals surface area contributed by atoms with Crippen molar-refractivity contribution < 1.29 is 9.90 Å². The summed E-state index contributed by atoms with van der Waals surface area (Å²) in [5, 5.41) is 18.5. The third-order valence-corrected chi connectivity index (χ3v) is 5.22. The molecule has 0 bridgehead atoms. The van der Waals surface area contributed by atoms with E-state index in [4.69, 9.17) is 5.11 Å². The molecule has 1 fully saturated rings.